The molecule has 33 heavy (non-hydrogen) atoms. The first-order chi connectivity index (χ1) is 15.6. The van der Waals surface area contributed by atoms with Crippen molar-refractivity contribution in [3.05, 3.63) is 67.8 Å². The second kappa shape index (κ2) is 8.44. The van der Waals surface area contributed by atoms with E-state index in [1.54, 1.807) is 17.5 Å². The number of amides is 1. The van der Waals surface area contributed by atoms with Gasteiger partial charge in [0.2, 0.25) is 0 Å². The van der Waals surface area contributed by atoms with E-state index in [2.05, 4.69) is 31.3 Å². The molecular weight excluding hydrogens is 531 g/mol. The van der Waals surface area contributed by atoms with E-state index < -0.39 is 22.7 Å². The Balaban J connectivity index is 1.80. The molecule has 0 fully saturated rings. The number of alkyl halides is 3. The van der Waals surface area contributed by atoms with Crippen LogP contribution in [0.5, 0.6) is 5.75 Å². The first kappa shape index (κ1) is 22.7. The summed E-state index contributed by atoms with van der Waals surface area (Å²) in [5.41, 5.74) is -2.00. The van der Waals surface area contributed by atoms with Gasteiger partial charge in [0, 0.05) is 12.1 Å². The van der Waals surface area contributed by atoms with Gasteiger partial charge in [-0.2, -0.15) is 18.3 Å². The average molecular weight is 542 g/mol. The van der Waals surface area contributed by atoms with E-state index in [0.717, 1.165) is 18.2 Å². The van der Waals surface area contributed by atoms with Crippen LogP contribution in [-0.4, -0.2) is 32.5 Å². The Hall–Kier alpha value is -3.52. The standard InChI is InChI=1S/C19H11BrF3N5O4S/c1-32-11-6-9(5-10(7-11)28(30)31)24-18(29)16-15(20)17-25-12(13-3-2-4-33-13)8-14(19(21,22)23)27(17)26-16/h2-8H,1H3,(H,24,29). The van der Waals surface area contributed by atoms with Crippen LogP contribution >= 0.6 is 27.3 Å². The highest BCUT2D eigenvalue weighted by molar-refractivity contribution is 9.10. The fraction of sp³-hybridized carbons (Fsp3) is 0.105. The molecule has 0 aliphatic heterocycles. The topological polar surface area (TPSA) is 112 Å². The average Bonchev–Trinajstić information content (AvgIpc) is 3.40. The summed E-state index contributed by atoms with van der Waals surface area (Å²) < 4.78 is 46.7. The van der Waals surface area contributed by atoms with E-state index in [4.69, 9.17) is 4.74 Å². The number of non-ortho nitro benzene ring substituents is 1. The number of fused-ring (bicyclic) bond motifs is 1. The van der Waals surface area contributed by atoms with Crippen LogP contribution in [0.1, 0.15) is 16.2 Å². The van der Waals surface area contributed by atoms with E-state index in [1.165, 1.54) is 24.5 Å². The molecule has 0 radical (unpaired) electrons. The molecule has 1 N–H and O–H groups in total. The van der Waals surface area contributed by atoms with Gasteiger partial charge in [-0.1, -0.05) is 6.07 Å². The van der Waals surface area contributed by atoms with Crippen molar-refractivity contribution in [3.8, 4) is 16.3 Å². The van der Waals surface area contributed by atoms with Crippen LogP contribution in [0, 0.1) is 10.1 Å². The van der Waals surface area contributed by atoms with Gasteiger partial charge in [0.05, 0.1) is 38.8 Å². The van der Waals surface area contributed by atoms with E-state index in [9.17, 15) is 28.1 Å². The van der Waals surface area contributed by atoms with Crippen molar-refractivity contribution in [2.24, 2.45) is 0 Å². The number of rotatable bonds is 5. The number of anilines is 1. The molecule has 0 unspecified atom stereocenters. The molecular formula is C19H11BrF3N5O4S. The van der Waals surface area contributed by atoms with E-state index >= 15 is 0 Å². The Morgan fingerprint density at radius 1 is 1.30 bits per heavy atom. The van der Waals surface area contributed by atoms with Crippen LogP contribution < -0.4 is 10.1 Å². The maximum atomic E-state index is 13.8. The number of nitro groups is 1. The highest BCUT2D eigenvalue weighted by atomic mass is 79.9. The monoisotopic (exact) mass is 541 g/mol. The lowest BCUT2D eigenvalue weighted by Gasteiger charge is -2.10. The van der Waals surface area contributed by atoms with Gasteiger partial charge in [-0.3, -0.25) is 14.9 Å². The number of benzene rings is 1. The number of nitrogens with zero attached hydrogens (tertiary/aromatic N) is 4. The summed E-state index contributed by atoms with van der Waals surface area (Å²) in [6, 6.07) is 7.71. The van der Waals surface area contributed by atoms with Gasteiger partial charge < -0.3 is 10.1 Å². The molecule has 14 heteroatoms. The van der Waals surface area contributed by atoms with Gasteiger partial charge in [-0.05, 0) is 33.4 Å². The van der Waals surface area contributed by atoms with Crippen LogP contribution in [0.4, 0.5) is 24.5 Å². The second-order valence-corrected chi connectivity index (χ2v) is 8.27. The summed E-state index contributed by atoms with van der Waals surface area (Å²) in [5.74, 6) is -0.795. The molecule has 4 rings (SSSR count). The van der Waals surface area contributed by atoms with Crippen LogP contribution in [0.15, 0.2) is 46.3 Å². The number of ether oxygens (including phenoxy) is 1. The first-order valence-electron chi connectivity index (χ1n) is 8.93. The minimum atomic E-state index is -4.78. The second-order valence-electron chi connectivity index (χ2n) is 6.53. The van der Waals surface area contributed by atoms with E-state index in [-0.39, 0.29) is 38.6 Å². The Bertz CT molecular complexity index is 1390. The number of nitrogens with one attached hydrogen (secondary N) is 1. The van der Waals surface area contributed by atoms with Crippen LogP contribution in [0.2, 0.25) is 0 Å². The lowest BCUT2D eigenvalue weighted by atomic mass is 10.2. The van der Waals surface area contributed by atoms with Crippen LogP contribution in [-0.2, 0) is 6.18 Å². The predicted octanol–water partition coefficient (Wildman–Crippen LogP) is 5.41. The Morgan fingerprint density at radius 2 is 2.06 bits per heavy atom. The van der Waals surface area contributed by atoms with Gasteiger partial charge in [0.15, 0.2) is 17.0 Å². The molecule has 0 bridgehead atoms. The quantitative estimate of drug-likeness (QED) is 0.267. The number of hydrogen-bond acceptors (Lipinski definition) is 7. The molecule has 3 heterocycles. The molecule has 170 valence electrons. The van der Waals surface area contributed by atoms with Gasteiger partial charge >= 0.3 is 6.18 Å². The van der Waals surface area contributed by atoms with E-state index in [1.807, 2.05) is 0 Å². The summed E-state index contributed by atoms with van der Waals surface area (Å²) in [6.45, 7) is 0. The highest BCUT2D eigenvalue weighted by Gasteiger charge is 2.36. The molecule has 0 saturated carbocycles. The third kappa shape index (κ3) is 4.39. The molecule has 1 aromatic carbocycles. The molecule has 0 aliphatic rings. The first-order valence-corrected chi connectivity index (χ1v) is 10.6. The fourth-order valence-electron chi connectivity index (χ4n) is 2.96. The number of halogens is 4. The third-order valence-corrected chi connectivity index (χ3v) is 6.03. The van der Waals surface area contributed by atoms with Gasteiger partial charge in [-0.15, -0.1) is 11.3 Å². The Morgan fingerprint density at radius 3 is 2.67 bits per heavy atom. The van der Waals surface area contributed by atoms with Crippen molar-refractivity contribution < 1.29 is 27.6 Å². The Labute approximate surface area is 195 Å². The minimum absolute atomic E-state index is 0.00159. The molecule has 4 aromatic rings. The van der Waals surface area contributed by atoms with Crippen molar-refractivity contribution in [1.82, 2.24) is 14.6 Å². The zero-order valence-corrected chi connectivity index (χ0v) is 18.8. The molecule has 3 aromatic heterocycles. The zero-order valence-electron chi connectivity index (χ0n) is 16.4. The number of nitro benzene ring substituents is 1. The highest BCUT2D eigenvalue weighted by Crippen LogP contribution is 2.36. The zero-order chi connectivity index (χ0) is 23.9. The molecule has 0 spiro atoms. The fourth-order valence-corrected chi connectivity index (χ4v) is 4.16. The molecule has 1 amide bonds. The minimum Gasteiger partial charge on any atom is -0.496 e. The summed E-state index contributed by atoms with van der Waals surface area (Å²) in [5, 5.41) is 19.0. The van der Waals surface area contributed by atoms with Crippen molar-refractivity contribution >= 4 is 50.2 Å². The lowest BCUT2D eigenvalue weighted by molar-refractivity contribution is -0.384. The number of hydrogen-bond donors (Lipinski definition) is 1. The number of aromatic nitrogens is 3. The largest absolute Gasteiger partial charge is 0.496 e. The van der Waals surface area contributed by atoms with Crippen molar-refractivity contribution in [2.75, 3.05) is 12.4 Å². The Kier molecular flexibility index (Phi) is 5.80. The van der Waals surface area contributed by atoms with Crippen molar-refractivity contribution in [1.29, 1.82) is 0 Å². The summed E-state index contributed by atoms with van der Waals surface area (Å²) in [4.78, 5) is 28.0. The molecule has 0 aliphatic carbocycles. The van der Waals surface area contributed by atoms with Crippen LogP contribution in [0.3, 0.4) is 0 Å². The maximum Gasteiger partial charge on any atom is 0.433 e. The lowest BCUT2D eigenvalue weighted by Crippen LogP contribution is -2.16. The SMILES string of the molecule is COc1cc(NC(=O)c2nn3c(C(F)(F)F)cc(-c4cccs4)nc3c2Br)cc([N+](=O)[O-])c1. The number of thiophene rings is 1. The van der Waals surface area contributed by atoms with Crippen LogP contribution in [0.25, 0.3) is 16.2 Å². The van der Waals surface area contributed by atoms with E-state index in [0.29, 0.717) is 9.39 Å². The molecule has 9 nitrogen and oxygen atoms in total. The number of carbonyl (C=O) groups is 1. The normalized spacial score (nSPS) is 11.5. The van der Waals surface area contributed by atoms with Gasteiger partial charge in [-0.25, -0.2) is 9.50 Å². The number of methoxy groups -OCH3 is 1. The summed E-state index contributed by atoms with van der Waals surface area (Å²) in [7, 11) is 1.29. The maximum absolute atomic E-state index is 13.8. The third-order valence-electron chi connectivity index (χ3n) is 4.41. The summed E-state index contributed by atoms with van der Waals surface area (Å²) >= 11 is 4.34. The van der Waals surface area contributed by atoms with Crippen molar-refractivity contribution in [2.45, 2.75) is 6.18 Å². The van der Waals surface area contributed by atoms with Crippen molar-refractivity contribution in [3.63, 3.8) is 0 Å². The number of carbonyl (C=O) groups excluding carboxylic acids is 1. The molecule has 0 saturated heterocycles. The van der Waals surface area contributed by atoms with Gasteiger partial charge in [0.1, 0.15) is 5.75 Å². The summed E-state index contributed by atoms with van der Waals surface area (Å²) in [6.07, 6.45) is -4.78. The smallest absolute Gasteiger partial charge is 0.433 e. The van der Waals surface area contributed by atoms with Gasteiger partial charge in [0.25, 0.3) is 11.6 Å². The molecule has 0 atom stereocenters. The predicted molar refractivity (Wildman–Crippen MR) is 117 cm³/mol.